The number of nitrogens with two attached hydrogens (primary N) is 1. The van der Waals surface area contributed by atoms with Gasteiger partial charge in [-0.15, -0.1) is 0 Å². The van der Waals surface area contributed by atoms with Crippen molar-refractivity contribution in [1.82, 2.24) is 9.47 Å². The Labute approximate surface area is 108 Å². The second-order valence-corrected chi connectivity index (χ2v) is 5.16. The number of benzene rings is 1. The number of likely N-dealkylation sites (tertiary alicyclic amines) is 1. The van der Waals surface area contributed by atoms with Gasteiger partial charge in [-0.05, 0) is 49.0 Å². The van der Waals surface area contributed by atoms with Crippen LogP contribution >= 0.6 is 0 Å². The maximum Gasteiger partial charge on any atom is 0.0483 e. The summed E-state index contributed by atoms with van der Waals surface area (Å²) in [6, 6.07) is 8.70. The first-order chi connectivity index (χ1) is 8.86. The third kappa shape index (κ3) is 2.28. The second kappa shape index (κ2) is 5.12. The zero-order valence-corrected chi connectivity index (χ0v) is 10.8. The zero-order chi connectivity index (χ0) is 12.4. The molecular weight excluding hydrogens is 222 g/mol. The number of hydrogen-bond donors (Lipinski definition) is 1. The lowest BCUT2D eigenvalue weighted by molar-refractivity contribution is 0.324. The molecule has 1 aromatic heterocycles. The molecule has 3 rings (SSSR count). The van der Waals surface area contributed by atoms with Crippen molar-refractivity contribution in [1.29, 1.82) is 0 Å². The van der Waals surface area contributed by atoms with Crippen LogP contribution in [0.5, 0.6) is 0 Å². The number of nitrogens with zero attached hydrogens (tertiary/aromatic N) is 2. The van der Waals surface area contributed by atoms with E-state index in [-0.39, 0.29) is 0 Å². The average Bonchev–Trinajstić information content (AvgIpc) is 3.05. The molecule has 3 nitrogen and oxygen atoms in total. The Balaban J connectivity index is 1.78. The van der Waals surface area contributed by atoms with Crippen LogP contribution < -0.4 is 5.73 Å². The summed E-state index contributed by atoms with van der Waals surface area (Å²) in [5.74, 6) is 0. The number of rotatable bonds is 4. The van der Waals surface area contributed by atoms with Crippen molar-refractivity contribution in [2.24, 2.45) is 5.73 Å². The summed E-state index contributed by atoms with van der Waals surface area (Å²) in [5, 5.41) is 1.31. The molecule has 0 unspecified atom stereocenters. The van der Waals surface area contributed by atoms with Gasteiger partial charge in [-0.2, -0.15) is 0 Å². The van der Waals surface area contributed by atoms with Gasteiger partial charge in [-0.3, -0.25) is 0 Å². The molecule has 0 spiro atoms. The van der Waals surface area contributed by atoms with Gasteiger partial charge in [-0.25, -0.2) is 0 Å². The fraction of sp³-hybridized carbons (Fsp3) is 0.467. The van der Waals surface area contributed by atoms with Crippen LogP contribution in [0.3, 0.4) is 0 Å². The largest absolute Gasteiger partial charge is 0.346 e. The fourth-order valence-corrected chi connectivity index (χ4v) is 2.81. The predicted molar refractivity (Wildman–Crippen MR) is 75.5 cm³/mol. The molecule has 2 aromatic rings. The van der Waals surface area contributed by atoms with Crippen LogP contribution in [-0.2, 0) is 13.1 Å². The molecule has 96 valence electrons. The molecule has 1 aliphatic heterocycles. The van der Waals surface area contributed by atoms with Crippen molar-refractivity contribution in [2.45, 2.75) is 25.9 Å². The van der Waals surface area contributed by atoms with Crippen molar-refractivity contribution >= 4 is 10.9 Å². The molecule has 1 saturated heterocycles. The molecule has 1 aliphatic rings. The molecule has 2 heterocycles. The lowest BCUT2D eigenvalue weighted by atomic mass is 10.1. The Bertz CT molecular complexity index is 524. The minimum Gasteiger partial charge on any atom is -0.346 e. The van der Waals surface area contributed by atoms with Crippen LogP contribution in [0.2, 0.25) is 0 Å². The Morgan fingerprint density at radius 1 is 1.06 bits per heavy atom. The Hall–Kier alpha value is -1.32. The average molecular weight is 243 g/mol. The highest BCUT2D eigenvalue weighted by atomic mass is 15.2. The summed E-state index contributed by atoms with van der Waals surface area (Å²) in [6.45, 7) is 5.40. The maximum atomic E-state index is 5.72. The van der Waals surface area contributed by atoms with E-state index < -0.39 is 0 Å². The van der Waals surface area contributed by atoms with Crippen LogP contribution in [0, 0.1) is 0 Å². The first kappa shape index (κ1) is 11.8. The quantitative estimate of drug-likeness (QED) is 0.893. The van der Waals surface area contributed by atoms with Crippen LogP contribution in [0.15, 0.2) is 30.5 Å². The first-order valence-electron chi connectivity index (χ1n) is 6.87. The van der Waals surface area contributed by atoms with Gasteiger partial charge < -0.3 is 15.2 Å². The van der Waals surface area contributed by atoms with Gasteiger partial charge in [0.05, 0.1) is 0 Å². The number of aromatic nitrogens is 1. The number of fused-ring (bicyclic) bond motifs is 1. The van der Waals surface area contributed by atoms with Gasteiger partial charge in [0.1, 0.15) is 0 Å². The molecule has 0 atom stereocenters. The summed E-state index contributed by atoms with van der Waals surface area (Å²) in [6.07, 6.45) is 4.93. The normalized spacial score (nSPS) is 16.7. The molecule has 1 aromatic carbocycles. The minimum absolute atomic E-state index is 0.618. The highest BCUT2D eigenvalue weighted by Gasteiger charge is 2.11. The molecule has 18 heavy (non-hydrogen) atoms. The molecule has 0 saturated carbocycles. The fourth-order valence-electron chi connectivity index (χ4n) is 2.81. The molecule has 0 aliphatic carbocycles. The predicted octanol–water partition coefficient (Wildman–Crippen LogP) is 2.20. The molecular formula is C15H21N3. The van der Waals surface area contributed by atoms with Crippen LogP contribution in [-0.4, -0.2) is 29.1 Å². The van der Waals surface area contributed by atoms with Crippen LogP contribution in [0.25, 0.3) is 10.9 Å². The second-order valence-electron chi connectivity index (χ2n) is 5.16. The Morgan fingerprint density at radius 2 is 1.89 bits per heavy atom. The molecule has 0 radical (unpaired) electrons. The summed E-state index contributed by atoms with van der Waals surface area (Å²) in [4.78, 5) is 2.55. The van der Waals surface area contributed by atoms with E-state index in [0.717, 1.165) is 13.1 Å². The smallest absolute Gasteiger partial charge is 0.0483 e. The number of hydrogen-bond acceptors (Lipinski definition) is 2. The van der Waals surface area contributed by atoms with E-state index in [0.29, 0.717) is 6.54 Å². The van der Waals surface area contributed by atoms with Gasteiger partial charge >= 0.3 is 0 Å². The van der Waals surface area contributed by atoms with Gasteiger partial charge in [0.25, 0.3) is 0 Å². The molecule has 0 amide bonds. The van der Waals surface area contributed by atoms with E-state index in [9.17, 15) is 0 Å². The SMILES string of the molecule is NCc1ccc2ccn(CCN3CCCC3)c2c1. The molecule has 0 bridgehead atoms. The van der Waals surface area contributed by atoms with E-state index in [1.54, 1.807) is 0 Å². The molecule has 1 fully saturated rings. The van der Waals surface area contributed by atoms with Crippen molar-refractivity contribution in [3.05, 3.63) is 36.0 Å². The highest BCUT2D eigenvalue weighted by molar-refractivity contribution is 5.80. The van der Waals surface area contributed by atoms with E-state index >= 15 is 0 Å². The standard InChI is InChI=1S/C15H21N3/c16-12-13-3-4-14-5-8-18(15(14)11-13)10-9-17-6-1-2-7-17/h3-5,8,11H,1-2,6-7,9-10,12,16H2. The van der Waals surface area contributed by atoms with Gasteiger partial charge in [-0.1, -0.05) is 12.1 Å². The van der Waals surface area contributed by atoms with E-state index in [2.05, 4.69) is 39.9 Å². The minimum atomic E-state index is 0.618. The lowest BCUT2D eigenvalue weighted by Crippen LogP contribution is -2.23. The van der Waals surface area contributed by atoms with Crippen molar-refractivity contribution in [2.75, 3.05) is 19.6 Å². The zero-order valence-electron chi connectivity index (χ0n) is 10.8. The van der Waals surface area contributed by atoms with Crippen molar-refractivity contribution in [3.63, 3.8) is 0 Å². The van der Waals surface area contributed by atoms with Crippen LogP contribution in [0.1, 0.15) is 18.4 Å². The summed E-state index contributed by atoms with van der Waals surface area (Å²) in [7, 11) is 0. The molecule has 3 heteroatoms. The van der Waals surface area contributed by atoms with Gasteiger partial charge in [0, 0.05) is 31.3 Å². The van der Waals surface area contributed by atoms with Crippen LogP contribution in [0.4, 0.5) is 0 Å². The van der Waals surface area contributed by atoms with Crippen molar-refractivity contribution in [3.8, 4) is 0 Å². The maximum absolute atomic E-state index is 5.72. The third-order valence-corrected chi connectivity index (χ3v) is 3.93. The van der Waals surface area contributed by atoms with E-state index in [4.69, 9.17) is 5.73 Å². The summed E-state index contributed by atoms with van der Waals surface area (Å²) < 4.78 is 2.35. The third-order valence-electron chi connectivity index (χ3n) is 3.93. The van der Waals surface area contributed by atoms with E-state index in [1.807, 2.05) is 0 Å². The summed E-state index contributed by atoms with van der Waals surface area (Å²) >= 11 is 0. The topological polar surface area (TPSA) is 34.2 Å². The van der Waals surface area contributed by atoms with Gasteiger partial charge in [0.15, 0.2) is 0 Å². The monoisotopic (exact) mass is 243 g/mol. The molecule has 2 N–H and O–H groups in total. The first-order valence-corrected chi connectivity index (χ1v) is 6.87. The van der Waals surface area contributed by atoms with Crippen molar-refractivity contribution < 1.29 is 0 Å². The Morgan fingerprint density at radius 3 is 2.67 bits per heavy atom. The van der Waals surface area contributed by atoms with E-state index in [1.165, 1.54) is 42.4 Å². The van der Waals surface area contributed by atoms with Gasteiger partial charge in [0.2, 0.25) is 0 Å². The highest BCUT2D eigenvalue weighted by Crippen LogP contribution is 2.18. The lowest BCUT2D eigenvalue weighted by Gasteiger charge is -2.15. The summed E-state index contributed by atoms with van der Waals surface area (Å²) in [5.41, 5.74) is 8.24. The Kier molecular flexibility index (Phi) is 3.35.